The summed E-state index contributed by atoms with van der Waals surface area (Å²) in [5.74, 6) is 0.566. The van der Waals surface area contributed by atoms with Crippen molar-refractivity contribution in [2.45, 2.75) is 45.1 Å². The maximum atomic E-state index is 10.8. The van der Waals surface area contributed by atoms with Crippen LogP contribution >= 0.6 is 0 Å². The lowest BCUT2D eigenvalue weighted by atomic mass is 9.82. The maximum Gasteiger partial charge on any atom is 0.303 e. The smallest absolute Gasteiger partial charge is 0.303 e. The zero-order valence-corrected chi connectivity index (χ0v) is 9.59. The lowest BCUT2D eigenvalue weighted by molar-refractivity contribution is -0.138. The molecule has 1 aliphatic rings. The van der Waals surface area contributed by atoms with E-state index in [-0.39, 0.29) is 12.3 Å². The molecular formula is C12H18N2O2. The van der Waals surface area contributed by atoms with Crippen molar-refractivity contribution in [3.05, 3.63) is 18.2 Å². The summed E-state index contributed by atoms with van der Waals surface area (Å²) in [4.78, 5) is 15.1. The van der Waals surface area contributed by atoms with Crippen molar-refractivity contribution in [1.29, 1.82) is 0 Å². The first kappa shape index (κ1) is 11.2. The minimum Gasteiger partial charge on any atom is -0.481 e. The van der Waals surface area contributed by atoms with Gasteiger partial charge in [-0.25, -0.2) is 4.98 Å². The predicted molar refractivity (Wildman–Crippen MR) is 60.2 cm³/mol. The first-order chi connectivity index (χ1) is 7.68. The van der Waals surface area contributed by atoms with Gasteiger partial charge in [0.1, 0.15) is 5.82 Å². The molecule has 0 radical (unpaired) electrons. The summed E-state index contributed by atoms with van der Waals surface area (Å²) < 4.78 is 2.15. The largest absolute Gasteiger partial charge is 0.481 e. The van der Waals surface area contributed by atoms with Crippen LogP contribution in [-0.4, -0.2) is 20.6 Å². The fourth-order valence-corrected chi connectivity index (χ4v) is 2.75. The average Bonchev–Trinajstić information content (AvgIpc) is 2.64. The van der Waals surface area contributed by atoms with Crippen LogP contribution in [0.15, 0.2) is 12.4 Å². The molecule has 1 fully saturated rings. The van der Waals surface area contributed by atoms with Gasteiger partial charge in [-0.15, -0.1) is 0 Å². The van der Waals surface area contributed by atoms with E-state index in [0.29, 0.717) is 6.04 Å². The SMILES string of the molecule is Cc1nccn1C1CCCCC1CC(=O)O. The number of hydrogen-bond donors (Lipinski definition) is 1. The molecule has 1 heterocycles. The fraction of sp³-hybridized carbons (Fsp3) is 0.667. The van der Waals surface area contributed by atoms with E-state index in [9.17, 15) is 4.79 Å². The molecule has 2 atom stereocenters. The predicted octanol–water partition coefficient (Wildman–Crippen LogP) is 2.40. The second-order valence-electron chi connectivity index (χ2n) is 4.59. The van der Waals surface area contributed by atoms with Crippen LogP contribution in [0.2, 0.25) is 0 Å². The Hall–Kier alpha value is -1.32. The summed E-state index contributed by atoms with van der Waals surface area (Å²) in [6, 6.07) is 0.326. The molecule has 1 aliphatic carbocycles. The van der Waals surface area contributed by atoms with E-state index in [1.165, 1.54) is 6.42 Å². The van der Waals surface area contributed by atoms with E-state index in [0.717, 1.165) is 25.1 Å². The first-order valence-corrected chi connectivity index (χ1v) is 5.89. The molecule has 4 heteroatoms. The summed E-state index contributed by atoms with van der Waals surface area (Å²) in [5, 5.41) is 8.93. The van der Waals surface area contributed by atoms with E-state index in [2.05, 4.69) is 9.55 Å². The van der Waals surface area contributed by atoms with E-state index in [4.69, 9.17) is 5.11 Å². The van der Waals surface area contributed by atoms with Crippen LogP contribution in [0.4, 0.5) is 0 Å². The van der Waals surface area contributed by atoms with Crippen molar-refractivity contribution in [1.82, 2.24) is 9.55 Å². The zero-order valence-electron chi connectivity index (χ0n) is 9.59. The van der Waals surface area contributed by atoms with Crippen molar-refractivity contribution in [3.63, 3.8) is 0 Å². The number of aryl methyl sites for hydroxylation is 1. The molecule has 2 unspecified atom stereocenters. The Morgan fingerprint density at radius 1 is 1.56 bits per heavy atom. The van der Waals surface area contributed by atoms with Crippen molar-refractivity contribution >= 4 is 5.97 Å². The normalized spacial score (nSPS) is 25.6. The quantitative estimate of drug-likeness (QED) is 0.854. The highest BCUT2D eigenvalue weighted by molar-refractivity contribution is 5.67. The minimum absolute atomic E-state index is 0.263. The Labute approximate surface area is 95.3 Å². The number of nitrogens with zero attached hydrogens (tertiary/aromatic N) is 2. The molecule has 88 valence electrons. The van der Waals surface area contributed by atoms with Gasteiger partial charge >= 0.3 is 5.97 Å². The van der Waals surface area contributed by atoms with Gasteiger partial charge in [0.15, 0.2) is 0 Å². The number of carboxylic acids is 1. The van der Waals surface area contributed by atoms with Gasteiger partial charge in [-0.1, -0.05) is 12.8 Å². The monoisotopic (exact) mass is 222 g/mol. The highest BCUT2D eigenvalue weighted by Crippen LogP contribution is 2.36. The Balaban J connectivity index is 2.16. The summed E-state index contributed by atoms with van der Waals surface area (Å²) in [5.41, 5.74) is 0. The third-order valence-corrected chi connectivity index (χ3v) is 3.53. The standard InChI is InChI=1S/C12H18N2O2/c1-9-13-6-7-14(9)11-5-3-2-4-10(11)8-12(15)16/h6-7,10-11H,2-5,8H2,1H3,(H,15,16). The Kier molecular flexibility index (Phi) is 3.27. The van der Waals surface area contributed by atoms with Crippen LogP contribution < -0.4 is 0 Å². The lowest BCUT2D eigenvalue weighted by Gasteiger charge is -2.32. The summed E-state index contributed by atoms with van der Waals surface area (Å²) in [6.45, 7) is 1.98. The fourth-order valence-electron chi connectivity index (χ4n) is 2.75. The molecule has 0 amide bonds. The van der Waals surface area contributed by atoms with Crippen LogP contribution in [0.3, 0.4) is 0 Å². The molecule has 0 aliphatic heterocycles. The molecule has 1 aromatic rings. The van der Waals surface area contributed by atoms with E-state index < -0.39 is 5.97 Å². The Morgan fingerprint density at radius 3 is 2.94 bits per heavy atom. The average molecular weight is 222 g/mol. The van der Waals surface area contributed by atoms with Crippen LogP contribution in [0.25, 0.3) is 0 Å². The van der Waals surface area contributed by atoms with Gasteiger partial charge in [0.2, 0.25) is 0 Å². The summed E-state index contributed by atoms with van der Waals surface area (Å²) in [6.07, 6.45) is 8.49. The van der Waals surface area contributed by atoms with Gasteiger partial charge in [-0.2, -0.15) is 0 Å². The second kappa shape index (κ2) is 4.68. The third-order valence-electron chi connectivity index (χ3n) is 3.53. The molecule has 2 rings (SSSR count). The molecule has 1 aromatic heterocycles. The van der Waals surface area contributed by atoms with Gasteiger partial charge in [-0.3, -0.25) is 4.79 Å². The number of aromatic nitrogens is 2. The van der Waals surface area contributed by atoms with E-state index >= 15 is 0 Å². The van der Waals surface area contributed by atoms with Crippen LogP contribution in [0.1, 0.15) is 44.0 Å². The summed E-state index contributed by atoms with van der Waals surface area (Å²) >= 11 is 0. The molecule has 0 aromatic carbocycles. The summed E-state index contributed by atoms with van der Waals surface area (Å²) in [7, 11) is 0. The van der Waals surface area contributed by atoms with Crippen LogP contribution in [-0.2, 0) is 4.79 Å². The van der Waals surface area contributed by atoms with Crippen molar-refractivity contribution in [3.8, 4) is 0 Å². The molecule has 0 spiro atoms. The minimum atomic E-state index is -0.685. The highest BCUT2D eigenvalue weighted by atomic mass is 16.4. The van der Waals surface area contributed by atoms with Crippen LogP contribution in [0, 0.1) is 12.8 Å². The number of carboxylic acid groups (broad SMARTS) is 1. The molecule has 1 N–H and O–H groups in total. The maximum absolute atomic E-state index is 10.8. The third kappa shape index (κ3) is 2.26. The van der Waals surface area contributed by atoms with Gasteiger partial charge in [0.25, 0.3) is 0 Å². The lowest BCUT2D eigenvalue weighted by Crippen LogP contribution is -2.25. The zero-order chi connectivity index (χ0) is 11.5. The number of carbonyl (C=O) groups is 1. The molecule has 0 saturated heterocycles. The van der Waals surface area contributed by atoms with Crippen molar-refractivity contribution in [2.75, 3.05) is 0 Å². The second-order valence-corrected chi connectivity index (χ2v) is 4.59. The van der Waals surface area contributed by atoms with Crippen molar-refractivity contribution < 1.29 is 9.90 Å². The van der Waals surface area contributed by atoms with Crippen LogP contribution in [0.5, 0.6) is 0 Å². The van der Waals surface area contributed by atoms with Gasteiger partial charge in [0, 0.05) is 18.4 Å². The molecule has 1 saturated carbocycles. The number of imidazole rings is 1. The Bertz CT molecular complexity index is 373. The molecule has 4 nitrogen and oxygen atoms in total. The first-order valence-electron chi connectivity index (χ1n) is 5.89. The van der Waals surface area contributed by atoms with Crippen molar-refractivity contribution in [2.24, 2.45) is 5.92 Å². The van der Waals surface area contributed by atoms with E-state index in [1.54, 1.807) is 6.20 Å². The Morgan fingerprint density at radius 2 is 2.31 bits per heavy atom. The molecule has 0 bridgehead atoms. The van der Waals surface area contributed by atoms with Gasteiger partial charge in [0.05, 0.1) is 6.42 Å². The van der Waals surface area contributed by atoms with Gasteiger partial charge in [-0.05, 0) is 25.7 Å². The number of rotatable bonds is 3. The number of hydrogen-bond acceptors (Lipinski definition) is 2. The topological polar surface area (TPSA) is 55.1 Å². The molecule has 16 heavy (non-hydrogen) atoms. The van der Waals surface area contributed by atoms with E-state index in [1.807, 2.05) is 13.1 Å². The number of aliphatic carboxylic acids is 1. The highest BCUT2D eigenvalue weighted by Gasteiger charge is 2.28. The molecular weight excluding hydrogens is 204 g/mol. The van der Waals surface area contributed by atoms with Gasteiger partial charge < -0.3 is 9.67 Å².